The normalized spacial score (nSPS) is 15.1. The lowest BCUT2D eigenvalue weighted by atomic mass is 9.91. The Labute approximate surface area is 93.2 Å². The van der Waals surface area contributed by atoms with Crippen molar-refractivity contribution in [2.24, 2.45) is 10.4 Å². The van der Waals surface area contributed by atoms with Crippen LogP contribution >= 0.6 is 0 Å². The van der Waals surface area contributed by atoms with Gasteiger partial charge < -0.3 is 0 Å². The van der Waals surface area contributed by atoms with Crippen molar-refractivity contribution in [3.8, 4) is 0 Å². The molecule has 1 nitrogen and oxygen atoms in total. The average molecular weight is 203 g/mol. The van der Waals surface area contributed by atoms with Crippen LogP contribution in [0.4, 0.5) is 0 Å². The van der Waals surface area contributed by atoms with Gasteiger partial charge in [-0.25, -0.2) is 0 Å². The summed E-state index contributed by atoms with van der Waals surface area (Å²) in [6.07, 6.45) is 0. The Kier molecular flexibility index (Phi) is 3.67. The summed E-state index contributed by atoms with van der Waals surface area (Å²) >= 11 is 0. The summed E-state index contributed by atoms with van der Waals surface area (Å²) in [5, 5.41) is 0. The van der Waals surface area contributed by atoms with Crippen molar-refractivity contribution in [2.45, 2.75) is 40.7 Å². The van der Waals surface area contributed by atoms with Gasteiger partial charge in [-0.05, 0) is 24.8 Å². The number of nitrogens with zero attached hydrogens (tertiary/aromatic N) is 1. The zero-order valence-corrected chi connectivity index (χ0v) is 10.4. The standard InChI is InChI=1S/C14H21N/c1-11(13-9-7-6-8-10-13)15-12(2)14(3,4)5/h6-11H,1-5H3. The van der Waals surface area contributed by atoms with Crippen LogP contribution in [0, 0.1) is 5.41 Å². The molecule has 1 unspecified atom stereocenters. The molecule has 0 spiro atoms. The second-order valence-electron chi connectivity index (χ2n) is 5.05. The first-order valence-corrected chi connectivity index (χ1v) is 5.51. The minimum absolute atomic E-state index is 0.170. The highest BCUT2D eigenvalue weighted by atomic mass is 14.8. The molecule has 1 aromatic carbocycles. The van der Waals surface area contributed by atoms with Crippen LogP contribution in [0.3, 0.4) is 0 Å². The molecule has 15 heavy (non-hydrogen) atoms. The Balaban J connectivity index is 2.84. The summed E-state index contributed by atoms with van der Waals surface area (Å²) < 4.78 is 0. The molecular weight excluding hydrogens is 182 g/mol. The fourth-order valence-electron chi connectivity index (χ4n) is 1.29. The molecule has 0 aliphatic carbocycles. The minimum Gasteiger partial charge on any atom is -0.286 e. The van der Waals surface area contributed by atoms with Crippen LogP contribution in [0.2, 0.25) is 0 Å². The molecule has 0 aliphatic heterocycles. The minimum atomic E-state index is 0.170. The molecule has 0 bridgehead atoms. The summed E-state index contributed by atoms with van der Waals surface area (Å²) in [4.78, 5) is 4.74. The first-order valence-electron chi connectivity index (χ1n) is 5.51. The molecule has 0 fully saturated rings. The van der Waals surface area contributed by atoms with Crippen LogP contribution < -0.4 is 0 Å². The van der Waals surface area contributed by atoms with Gasteiger partial charge >= 0.3 is 0 Å². The zero-order valence-electron chi connectivity index (χ0n) is 10.4. The molecular formula is C14H21N. The van der Waals surface area contributed by atoms with Crippen molar-refractivity contribution in [2.75, 3.05) is 0 Å². The maximum atomic E-state index is 4.74. The third-order valence-corrected chi connectivity index (χ3v) is 2.75. The highest BCUT2D eigenvalue weighted by Crippen LogP contribution is 2.22. The van der Waals surface area contributed by atoms with Crippen molar-refractivity contribution in [1.29, 1.82) is 0 Å². The van der Waals surface area contributed by atoms with E-state index in [-0.39, 0.29) is 11.5 Å². The molecule has 0 aromatic heterocycles. The average Bonchev–Trinajstić information content (AvgIpc) is 2.17. The highest BCUT2D eigenvalue weighted by molar-refractivity contribution is 5.87. The molecule has 1 atom stereocenters. The Bertz CT molecular complexity index is 330. The van der Waals surface area contributed by atoms with E-state index in [9.17, 15) is 0 Å². The van der Waals surface area contributed by atoms with Gasteiger partial charge in [0.15, 0.2) is 0 Å². The van der Waals surface area contributed by atoms with E-state index in [4.69, 9.17) is 4.99 Å². The lowest BCUT2D eigenvalue weighted by Crippen LogP contribution is -2.17. The summed E-state index contributed by atoms with van der Waals surface area (Å²) in [6.45, 7) is 10.8. The van der Waals surface area contributed by atoms with E-state index in [1.54, 1.807) is 0 Å². The number of hydrogen-bond donors (Lipinski definition) is 0. The SMILES string of the molecule is CC(=NC(C)c1ccccc1)C(C)(C)C. The lowest BCUT2D eigenvalue weighted by Gasteiger charge is -2.20. The van der Waals surface area contributed by atoms with Crippen LogP contribution in [-0.2, 0) is 0 Å². The van der Waals surface area contributed by atoms with Crippen molar-refractivity contribution >= 4 is 5.71 Å². The van der Waals surface area contributed by atoms with E-state index in [0.717, 1.165) is 0 Å². The Morgan fingerprint density at radius 2 is 1.67 bits per heavy atom. The van der Waals surface area contributed by atoms with Crippen molar-refractivity contribution in [1.82, 2.24) is 0 Å². The van der Waals surface area contributed by atoms with E-state index in [2.05, 4.69) is 58.9 Å². The molecule has 0 amide bonds. The number of rotatable bonds is 2. The zero-order chi connectivity index (χ0) is 11.5. The Morgan fingerprint density at radius 3 is 2.13 bits per heavy atom. The van der Waals surface area contributed by atoms with E-state index in [1.165, 1.54) is 11.3 Å². The summed E-state index contributed by atoms with van der Waals surface area (Å²) in [7, 11) is 0. The molecule has 0 heterocycles. The number of aliphatic imine (C=N–C) groups is 1. The van der Waals surface area contributed by atoms with Gasteiger partial charge in [-0.3, -0.25) is 4.99 Å². The molecule has 1 aromatic rings. The van der Waals surface area contributed by atoms with Gasteiger partial charge in [0.05, 0.1) is 6.04 Å². The highest BCUT2D eigenvalue weighted by Gasteiger charge is 2.15. The smallest absolute Gasteiger partial charge is 0.0720 e. The van der Waals surface area contributed by atoms with Gasteiger partial charge in [-0.2, -0.15) is 0 Å². The molecule has 1 rings (SSSR count). The third-order valence-electron chi connectivity index (χ3n) is 2.75. The molecule has 0 saturated heterocycles. The number of hydrogen-bond acceptors (Lipinski definition) is 1. The molecule has 0 saturated carbocycles. The van der Waals surface area contributed by atoms with Gasteiger partial charge in [0.25, 0.3) is 0 Å². The van der Waals surface area contributed by atoms with Crippen LogP contribution in [-0.4, -0.2) is 5.71 Å². The molecule has 1 heteroatoms. The van der Waals surface area contributed by atoms with E-state index < -0.39 is 0 Å². The van der Waals surface area contributed by atoms with Crippen LogP contribution in [0.1, 0.15) is 46.2 Å². The monoisotopic (exact) mass is 203 g/mol. The van der Waals surface area contributed by atoms with Gasteiger partial charge in [0.2, 0.25) is 0 Å². The van der Waals surface area contributed by atoms with Gasteiger partial charge in [0, 0.05) is 5.71 Å². The topological polar surface area (TPSA) is 12.4 Å². The van der Waals surface area contributed by atoms with Crippen LogP contribution in [0.25, 0.3) is 0 Å². The molecule has 82 valence electrons. The van der Waals surface area contributed by atoms with Crippen molar-refractivity contribution < 1.29 is 0 Å². The van der Waals surface area contributed by atoms with Gasteiger partial charge in [-0.15, -0.1) is 0 Å². The fraction of sp³-hybridized carbons (Fsp3) is 0.500. The van der Waals surface area contributed by atoms with E-state index in [1.807, 2.05) is 6.07 Å². The second kappa shape index (κ2) is 4.61. The second-order valence-corrected chi connectivity index (χ2v) is 5.05. The van der Waals surface area contributed by atoms with Crippen LogP contribution in [0.5, 0.6) is 0 Å². The largest absolute Gasteiger partial charge is 0.286 e. The predicted molar refractivity (Wildman–Crippen MR) is 67.4 cm³/mol. The fourth-order valence-corrected chi connectivity index (χ4v) is 1.29. The maximum Gasteiger partial charge on any atom is 0.0720 e. The Hall–Kier alpha value is -1.11. The quantitative estimate of drug-likeness (QED) is 0.637. The molecule has 0 aliphatic rings. The Morgan fingerprint density at radius 1 is 1.13 bits per heavy atom. The summed E-state index contributed by atoms with van der Waals surface area (Å²) in [6, 6.07) is 10.7. The molecule has 0 radical (unpaired) electrons. The number of benzene rings is 1. The van der Waals surface area contributed by atoms with Crippen molar-refractivity contribution in [3.63, 3.8) is 0 Å². The van der Waals surface area contributed by atoms with Crippen LogP contribution in [0.15, 0.2) is 35.3 Å². The first kappa shape index (κ1) is 12.0. The molecule has 0 N–H and O–H groups in total. The maximum absolute atomic E-state index is 4.74. The van der Waals surface area contributed by atoms with E-state index in [0.29, 0.717) is 0 Å². The lowest BCUT2D eigenvalue weighted by molar-refractivity contribution is 0.579. The third kappa shape index (κ3) is 3.50. The summed E-state index contributed by atoms with van der Waals surface area (Å²) in [5.74, 6) is 0. The first-order chi connectivity index (χ1) is 6.91. The van der Waals surface area contributed by atoms with E-state index >= 15 is 0 Å². The van der Waals surface area contributed by atoms with Gasteiger partial charge in [-0.1, -0.05) is 51.1 Å². The van der Waals surface area contributed by atoms with Gasteiger partial charge in [0.1, 0.15) is 0 Å². The predicted octanol–water partition coefficient (Wildman–Crippen LogP) is 4.25. The summed E-state index contributed by atoms with van der Waals surface area (Å²) in [5.41, 5.74) is 2.66. The van der Waals surface area contributed by atoms with Crippen molar-refractivity contribution in [3.05, 3.63) is 35.9 Å².